The summed E-state index contributed by atoms with van der Waals surface area (Å²) in [6.45, 7) is 8.12. The Morgan fingerprint density at radius 2 is 1.28 bits per heavy atom. The van der Waals surface area contributed by atoms with Gasteiger partial charge in [-0.1, -0.05) is 52.0 Å². The van der Waals surface area contributed by atoms with Crippen molar-refractivity contribution < 1.29 is 4.92 Å². The molecule has 0 spiro atoms. The zero-order chi connectivity index (χ0) is 19.0. The lowest BCUT2D eigenvalue weighted by Crippen LogP contribution is -2.02. The van der Waals surface area contributed by atoms with Crippen molar-refractivity contribution in [2.24, 2.45) is 0 Å². The van der Waals surface area contributed by atoms with E-state index in [0.29, 0.717) is 17.7 Å². The molecule has 0 amide bonds. The molecular formula is C20H29N3O2. The molecule has 5 heteroatoms. The first-order valence-corrected chi connectivity index (χ1v) is 8.81. The molecule has 0 unspecified atom stereocenters. The van der Waals surface area contributed by atoms with Gasteiger partial charge in [0.15, 0.2) is 0 Å². The van der Waals surface area contributed by atoms with E-state index in [1.165, 1.54) is 17.2 Å². The molecule has 0 bridgehead atoms. The van der Waals surface area contributed by atoms with E-state index in [1.807, 2.05) is 13.8 Å². The quantitative estimate of drug-likeness (QED) is 0.467. The lowest BCUT2D eigenvalue weighted by Gasteiger charge is -2.08. The third-order valence-electron chi connectivity index (χ3n) is 4.40. The van der Waals surface area contributed by atoms with Gasteiger partial charge < -0.3 is 11.5 Å². The van der Waals surface area contributed by atoms with Gasteiger partial charge in [0.05, 0.1) is 10.5 Å². The molecule has 0 radical (unpaired) electrons. The van der Waals surface area contributed by atoms with Crippen LogP contribution in [0.15, 0.2) is 30.3 Å². The molecule has 0 aliphatic carbocycles. The van der Waals surface area contributed by atoms with Crippen LogP contribution in [0.5, 0.6) is 0 Å². The molecule has 0 fully saturated rings. The van der Waals surface area contributed by atoms with Crippen molar-refractivity contribution in [1.82, 2.24) is 0 Å². The van der Waals surface area contributed by atoms with Crippen LogP contribution < -0.4 is 11.5 Å². The number of hydrogen-bond donors (Lipinski definition) is 2. The predicted molar refractivity (Wildman–Crippen MR) is 106 cm³/mol. The van der Waals surface area contributed by atoms with Crippen molar-refractivity contribution in [3.05, 3.63) is 62.7 Å². The molecule has 2 rings (SSSR count). The lowest BCUT2D eigenvalue weighted by atomic mass is 10.0. The number of nitro groups is 1. The molecular weight excluding hydrogens is 314 g/mol. The third-order valence-corrected chi connectivity index (χ3v) is 4.40. The Labute approximate surface area is 150 Å². The number of nitrogens with zero attached hydrogens (tertiary/aromatic N) is 1. The Bertz CT molecular complexity index is 705. The van der Waals surface area contributed by atoms with Gasteiger partial charge in [-0.05, 0) is 42.4 Å². The minimum Gasteiger partial charge on any atom is -0.398 e. The molecule has 0 aliphatic rings. The van der Waals surface area contributed by atoms with Crippen LogP contribution in [0.2, 0.25) is 0 Å². The molecule has 2 aromatic rings. The third kappa shape index (κ3) is 4.95. The fourth-order valence-corrected chi connectivity index (χ4v) is 2.84. The first-order valence-electron chi connectivity index (χ1n) is 8.81. The summed E-state index contributed by atoms with van der Waals surface area (Å²) in [7, 11) is 0. The monoisotopic (exact) mass is 343 g/mol. The van der Waals surface area contributed by atoms with Crippen LogP contribution in [0.25, 0.3) is 0 Å². The van der Waals surface area contributed by atoms with Gasteiger partial charge in [-0.3, -0.25) is 10.1 Å². The average molecular weight is 343 g/mol. The van der Waals surface area contributed by atoms with Gasteiger partial charge in [-0.2, -0.15) is 0 Å². The van der Waals surface area contributed by atoms with E-state index in [-0.39, 0.29) is 10.6 Å². The van der Waals surface area contributed by atoms with Crippen molar-refractivity contribution in [3.8, 4) is 0 Å². The molecule has 0 aromatic heterocycles. The molecule has 25 heavy (non-hydrogen) atoms. The number of benzene rings is 2. The maximum Gasteiger partial charge on any atom is 0.274 e. The maximum absolute atomic E-state index is 10.7. The van der Waals surface area contributed by atoms with Crippen molar-refractivity contribution >= 4 is 17.1 Å². The number of hydrogen-bond acceptors (Lipinski definition) is 4. The smallest absolute Gasteiger partial charge is 0.274 e. The molecule has 0 aliphatic heterocycles. The summed E-state index contributed by atoms with van der Waals surface area (Å²) in [5, 5.41) is 10.7. The van der Waals surface area contributed by atoms with Crippen LogP contribution in [-0.2, 0) is 25.7 Å². The second-order valence-corrected chi connectivity index (χ2v) is 5.80. The SMILES string of the molecule is CCc1ccc([N+](=O)[O-])c(CC)c1N.CCc1cccc(CC)c1N. The fraction of sp³-hybridized carbons (Fsp3) is 0.400. The summed E-state index contributed by atoms with van der Waals surface area (Å²) in [4.78, 5) is 10.3. The van der Waals surface area contributed by atoms with Crippen molar-refractivity contribution in [2.75, 3.05) is 11.5 Å². The summed E-state index contributed by atoms with van der Waals surface area (Å²) >= 11 is 0. The first-order chi connectivity index (χ1) is 11.9. The molecule has 136 valence electrons. The van der Waals surface area contributed by atoms with Gasteiger partial charge in [0.2, 0.25) is 0 Å². The highest BCUT2D eigenvalue weighted by atomic mass is 16.6. The second kappa shape index (κ2) is 9.67. The van der Waals surface area contributed by atoms with E-state index in [4.69, 9.17) is 11.5 Å². The topological polar surface area (TPSA) is 95.2 Å². The Kier molecular flexibility index (Phi) is 7.92. The van der Waals surface area contributed by atoms with E-state index in [1.54, 1.807) is 6.07 Å². The molecule has 4 N–H and O–H groups in total. The highest BCUT2D eigenvalue weighted by molar-refractivity contribution is 5.62. The Balaban J connectivity index is 0.000000257. The summed E-state index contributed by atoms with van der Waals surface area (Å²) in [5.74, 6) is 0. The van der Waals surface area contributed by atoms with Crippen molar-refractivity contribution in [1.29, 1.82) is 0 Å². The maximum atomic E-state index is 10.7. The van der Waals surface area contributed by atoms with Crippen LogP contribution >= 0.6 is 0 Å². The first kappa shape index (κ1) is 20.5. The molecule has 5 nitrogen and oxygen atoms in total. The van der Waals surface area contributed by atoms with Gasteiger partial charge in [0, 0.05) is 17.4 Å². The second-order valence-electron chi connectivity index (χ2n) is 5.80. The Morgan fingerprint density at radius 3 is 1.68 bits per heavy atom. The van der Waals surface area contributed by atoms with E-state index >= 15 is 0 Å². The largest absolute Gasteiger partial charge is 0.398 e. The zero-order valence-electron chi connectivity index (χ0n) is 15.6. The summed E-state index contributed by atoms with van der Waals surface area (Å²) in [6.07, 6.45) is 3.45. The van der Waals surface area contributed by atoms with Crippen molar-refractivity contribution in [3.63, 3.8) is 0 Å². The van der Waals surface area contributed by atoms with E-state index in [0.717, 1.165) is 30.5 Å². The van der Waals surface area contributed by atoms with E-state index in [2.05, 4.69) is 32.0 Å². The van der Waals surface area contributed by atoms with Crippen molar-refractivity contribution in [2.45, 2.75) is 53.4 Å². The fourth-order valence-electron chi connectivity index (χ4n) is 2.84. The molecule has 0 saturated carbocycles. The average Bonchev–Trinajstić information content (AvgIpc) is 2.62. The highest BCUT2D eigenvalue weighted by Crippen LogP contribution is 2.28. The predicted octanol–water partition coefficient (Wildman–Crippen LogP) is 4.70. The van der Waals surface area contributed by atoms with Crippen LogP contribution in [0.4, 0.5) is 17.1 Å². The Morgan fingerprint density at radius 1 is 0.800 bits per heavy atom. The summed E-state index contributed by atoms with van der Waals surface area (Å²) in [6, 6.07) is 9.53. The summed E-state index contributed by atoms with van der Waals surface area (Å²) in [5.41, 5.74) is 17.6. The van der Waals surface area contributed by atoms with Gasteiger partial charge in [0.25, 0.3) is 5.69 Å². The molecule has 0 atom stereocenters. The Hall–Kier alpha value is -2.56. The van der Waals surface area contributed by atoms with E-state index in [9.17, 15) is 10.1 Å². The van der Waals surface area contributed by atoms with Crippen LogP contribution in [0.1, 0.15) is 49.9 Å². The number of nitrogens with two attached hydrogens (primary N) is 2. The van der Waals surface area contributed by atoms with Crippen LogP contribution in [0.3, 0.4) is 0 Å². The number of aryl methyl sites for hydroxylation is 3. The molecule has 0 saturated heterocycles. The van der Waals surface area contributed by atoms with Crippen LogP contribution in [0, 0.1) is 10.1 Å². The van der Waals surface area contributed by atoms with Gasteiger partial charge in [0.1, 0.15) is 0 Å². The molecule has 0 heterocycles. The number of rotatable bonds is 5. The number of nitro benzene ring substituents is 1. The number of anilines is 2. The molecule has 2 aromatic carbocycles. The normalized spacial score (nSPS) is 10.1. The lowest BCUT2D eigenvalue weighted by molar-refractivity contribution is -0.385. The summed E-state index contributed by atoms with van der Waals surface area (Å²) < 4.78 is 0. The van der Waals surface area contributed by atoms with Gasteiger partial charge in [-0.15, -0.1) is 0 Å². The minimum absolute atomic E-state index is 0.127. The zero-order valence-corrected chi connectivity index (χ0v) is 15.6. The highest BCUT2D eigenvalue weighted by Gasteiger charge is 2.16. The number of nitrogen functional groups attached to an aromatic ring is 2. The standard InChI is InChI=1S/C10H14N2O2.C10H15N/c1-3-7-5-6-9(12(13)14)8(4-2)10(7)11;1-3-8-6-5-7-9(4-2)10(8)11/h5-6H,3-4,11H2,1-2H3;5-7H,3-4,11H2,1-2H3. The number of para-hydroxylation sites is 1. The van der Waals surface area contributed by atoms with E-state index < -0.39 is 0 Å². The minimum atomic E-state index is -0.380. The van der Waals surface area contributed by atoms with Gasteiger partial charge in [-0.25, -0.2) is 0 Å². The van der Waals surface area contributed by atoms with Crippen LogP contribution in [-0.4, -0.2) is 4.92 Å². The van der Waals surface area contributed by atoms with Gasteiger partial charge >= 0.3 is 0 Å².